The average Bonchev–Trinajstić information content (AvgIpc) is 3.03. The van der Waals surface area contributed by atoms with E-state index in [1.807, 2.05) is 18.4 Å². The molecule has 0 bridgehead atoms. The van der Waals surface area contributed by atoms with Crippen molar-refractivity contribution < 1.29 is 14.5 Å². The normalized spacial score (nSPS) is 12.0. The molecule has 25 heavy (non-hydrogen) atoms. The summed E-state index contributed by atoms with van der Waals surface area (Å²) < 4.78 is 7.00. The van der Waals surface area contributed by atoms with Crippen LogP contribution in [0.15, 0.2) is 29.7 Å². The first-order chi connectivity index (χ1) is 11.8. The molecule has 0 spiro atoms. The molecule has 0 saturated heterocycles. The van der Waals surface area contributed by atoms with E-state index in [1.165, 1.54) is 37.1 Å². The van der Waals surface area contributed by atoms with Crippen LogP contribution in [0.1, 0.15) is 26.8 Å². The lowest BCUT2D eigenvalue weighted by molar-refractivity contribution is -0.384. The Bertz CT molecular complexity index is 777. The SMILES string of the molecule is COc1cc([N+](=O)[O-])ccc1NC(=O)[C@H](C)Sc1nncn1C(C)C. The van der Waals surface area contributed by atoms with E-state index in [2.05, 4.69) is 15.5 Å². The quantitative estimate of drug-likeness (QED) is 0.456. The first-order valence-electron chi connectivity index (χ1n) is 7.53. The minimum atomic E-state index is -0.522. The minimum Gasteiger partial charge on any atom is -0.494 e. The van der Waals surface area contributed by atoms with Gasteiger partial charge in [-0.15, -0.1) is 10.2 Å². The molecule has 0 aliphatic carbocycles. The molecular formula is C15H19N5O4S. The highest BCUT2D eigenvalue weighted by molar-refractivity contribution is 8.00. The van der Waals surface area contributed by atoms with Crippen molar-refractivity contribution in [2.45, 2.75) is 37.2 Å². The number of rotatable bonds is 7. The molecule has 0 fully saturated rings. The number of ether oxygens (including phenoxy) is 1. The van der Waals surface area contributed by atoms with Crippen molar-refractivity contribution in [1.82, 2.24) is 14.8 Å². The van der Waals surface area contributed by atoms with Gasteiger partial charge in [0.05, 0.1) is 29.0 Å². The van der Waals surface area contributed by atoms with Gasteiger partial charge in [0.1, 0.15) is 12.1 Å². The van der Waals surface area contributed by atoms with E-state index >= 15 is 0 Å². The Kier molecular flexibility index (Phi) is 5.97. The Labute approximate surface area is 148 Å². The van der Waals surface area contributed by atoms with E-state index in [9.17, 15) is 14.9 Å². The van der Waals surface area contributed by atoms with E-state index in [0.29, 0.717) is 10.8 Å². The number of hydrogen-bond donors (Lipinski definition) is 1. The van der Waals surface area contributed by atoms with Gasteiger partial charge in [0.25, 0.3) is 5.69 Å². The number of hydrogen-bond acceptors (Lipinski definition) is 7. The number of nitro benzene ring substituents is 1. The van der Waals surface area contributed by atoms with E-state index in [4.69, 9.17) is 4.74 Å². The molecule has 1 atom stereocenters. The van der Waals surface area contributed by atoms with Crippen LogP contribution in [0.25, 0.3) is 0 Å². The molecule has 9 nitrogen and oxygen atoms in total. The summed E-state index contributed by atoms with van der Waals surface area (Å²) in [5.74, 6) is -0.0412. The predicted octanol–water partition coefficient (Wildman–Crippen LogP) is 2.90. The molecule has 1 heterocycles. The molecule has 2 rings (SSSR count). The smallest absolute Gasteiger partial charge is 0.273 e. The lowest BCUT2D eigenvalue weighted by Gasteiger charge is -2.15. The fourth-order valence-electron chi connectivity index (χ4n) is 2.01. The molecule has 0 aliphatic heterocycles. The summed E-state index contributed by atoms with van der Waals surface area (Å²) in [6.45, 7) is 5.75. The van der Waals surface area contributed by atoms with Gasteiger partial charge in [-0.2, -0.15) is 0 Å². The summed E-state index contributed by atoms with van der Waals surface area (Å²) in [5.41, 5.74) is 0.262. The van der Waals surface area contributed by atoms with E-state index < -0.39 is 10.2 Å². The highest BCUT2D eigenvalue weighted by atomic mass is 32.2. The zero-order chi connectivity index (χ0) is 18.6. The second kappa shape index (κ2) is 7.97. The van der Waals surface area contributed by atoms with Crippen LogP contribution < -0.4 is 10.1 Å². The summed E-state index contributed by atoms with van der Waals surface area (Å²) in [6.07, 6.45) is 1.62. The second-order valence-electron chi connectivity index (χ2n) is 5.51. The number of nitrogens with zero attached hydrogens (tertiary/aromatic N) is 4. The third kappa shape index (κ3) is 4.47. The Morgan fingerprint density at radius 1 is 1.40 bits per heavy atom. The number of methoxy groups -OCH3 is 1. The molecule has 1 amide bonds. The number of nitro groups is 1. The number of thioether (sulfide) groups is 1. The second-order valence-corrected chi connectivity index (χ2v) is 6.81. The first kappa shape index (κ1) is 18.7. The van der Waals surface area contributed by atoms with E-state index in [0.717, 1.165) is 0 Å². The molecule has 10 heteroatoms. The third-order valence-electron chi connectivity index (χ3n) is 3.40. The molecule has 1 aromatic heterocycles. The van der Waals surface area contributed by atoms with Crippen LogP contribution in [-0.4, -0.2) is 38.0 Å². The Morgan fingerprint density at radius 2 is 2.12 bits per heavy atom. The van der Waals surface area contributed by atoms with Gasteiger partial charge in [-0.3, -0.25) is 14.9 Å². The fourth-order valence-corrected chi connectivity index (χ4v) is 2.97. The maximum absolute atomic E-state index is 12.4. The van der Waals surface area contributed by atoms with Gasteiger partial charge in [0.2, 0.25) is 5.91 Å². The van der Waals surface area contributed by atoms with Gasteiger partial charge in [-0.1, -0.05) is 11.8 Å². The number of carbonyl (C=O) groups is 1. The van der Waals surface area contributed by atoms with Crippen molar-refractivity contribution in [3.05, 3.63) is 34.6 Å². The zero-order valence-electron chi connectivity index (χ0n) is 14.3. The van der Waals surface area contributed by atoms with E-state index in [-0.39, 0.29) is 23.4 Å². The lowest BCUT2D eigenvalue weighted by atomic mass is 10.2. The Balaban J connectivity index is 2.11. The fraction of sp³-hybridized carbons (Fsp3) is 0.400. The van der Waals surface area contributed by atoms with Crippen LogP contribution in [0.4, 0.5) is 11.4 Å². The molecule has 134 valence electrons. The standard InChI is InChI=1S/C15H19N5O4S/c1-9(2)19-8-16-18-15(19)25-10(3)14(21)17-12-6-5-11(20(22)23)7-13(12)24-4/h5-10H,1-4H3,(H,17,21)/t10-/m0/s1. The highest BCUT2D eigenvalue weighted by Gasteiger charge is 2.21. The van der Waals surface area contributed by atoms with Crippen LogP contribution >= 0.6 is 11.8 Å². The Hall–Kier alpha value is -2.62. The largest absolute Gasteiger partial charge is 0.494 e. The van der Waals surface area contributed by atoms with Crippen molar-refractivity contribution >= 4 is 29.0 Å². The number of aromatic nitrogens is 3. The molecule has 0 aliphatic rings. The van der Waals surface area contributed by atoms with Gasteiger partial charge in [0.15, 0.2) is 5.16 Å². The van der Waals surface area contributed by atoms with Gasteiger partial charge >= 0.3 is 0 Å². The maximum Gasteiger partial charge on any atom is 0.273 e. The summed E-state index contributed by atoms with van der Waals surface area (Å²) >= 11 is 1.28. The first-order valence-corrected chi connectivity index (χ1v) is 8.41. The van der Waals surface area contributed by atoms with Gasteiger partial charge in [-0.25, -0.2) is 0 Å². The number of nitrogens with one attached hydrogen (secondary N) is 1. The minimum absolute atomic E-state index is 0.109. The van der Waals surface area contributed by atoms with Gasteiger partial charge in [0, 0.05) is 12.1 Å². The van der Waals surface area contributed by atoms with Crippen molar-refractivity contribution in [2.75, 3.05) is 12.4 Å². The van der Waals surface area contributed by atoms with Crippen molar-refractivity contribution in [3.8, 4) is 5.75 Å². The van der Waals surface area contributed by atoms with Crippen LogP contribution in [-0.2, 0) is 4.79 Å². The predicted molar refractivity (Wildman–Crippen MR) is 94.0 cm³/mol. The molecule has 1 N–H and O–H groups in total. The number of benzene rings is 1. The maximum atomic E-state index is 12.4. The van der Waals surface area contributed by atoms with E-state index in [1.54, 1.807) is 13.3 Å². The molecule has 0 unspecified atom stereocenters. The lowest BCUT2D eigenvalue weighted by Crippen LogP contribution is -2.23. The molecule has 0 radical (unpaired) electrons. The molecular weight excluding hydrogens is 346 g/mol. The van der Waals surface area contributed by atoms with Crippen molar-refractivity contribution in [3.63, 3.8) is 0 Å². The van der Waals surface area contributed by atoms with Crippen LogP contribution in [0.2, 0.25) is 0 Å². The Morgan fingerprint density at radius 3 is 2.72 bits per heavy atom. The molecule has 0 saturated carbocycles. The number of non-ortho nitro benzene ring substituents is 1. The summed E-state index contributed by atoms with van der Waals surface area (Å²) in [4.78, 5) is 22.7. The monoisotopic (exact) mass is 365 g/mol. The number of anilines is 1. The topological polar surface area (TPSA) is 112 Å². The molecule has 1 aromatic carbocycles. The highest BCUT2D eigenvalue weighted by Crippen LogP contribution is 2.30. The summed E-state index contributed by atoms with van der Waals surface area (Å²) in [5, 5.41) is 21.6. The van der Waals surface area contributed by atoms with Crippen LogP contribution in [0, 0.1) is 10.1 Å². The summed E-state index contributed by atoms with van der Waals surface area (Å²) in [7, 11) is 1.39. The van der Waals surface area contributed by atoms with Crippen LogP contribution in [0.3, 0.4) is 0 Å². The third-order valence-corrected chi connectivity index (χ3v) is 4.47. The van der Waals surface area contributed by atoms with Crippen molar-refractivity contribution in [2.24, 2.45) is 0 Å². The average molecular weight is 365 g/mol. The van der Waals surface area contributed by atoms with Gasteiger partial charge in [-0.05, 0) is 26.8 Å². The summed E-state index contributed by atoms with van der Waals surface area (Å²) in [6, 6.07) is 4.21. The van der Waals surface area contributed by atoms with Crippen LogP contribution in [0.5, 0.6) is 5.75 Å². The number of carbonyl (C=O) groups excluding carboxylic acids is 1. The number of amides is 1. The molecule has 2 aromatic rings. The zero-order valence-corrected chi connectivity index (χ0v) is 15.1. The van der Waals surface area contributed by atoms with Crippen molar-refractivity contribution in [1.29, 1.82) is 0 Å². The van der Waals surface area contributed by atoms with Gasteiger partial charge < -0.3 is 14.6 Å².